The van der Waals surface area contributed by atoms with E-state index in [1.807, 2.05) is 23.9 Å². The Morgan fingerprint density at radius 2 is 1.86 bits per heavy atom. The smallest absolute Gasteiger partial charge is 0.160 e. The summed E-state index contributed by atoms with van der Waals surface area (Å²) >= 11 is 8.14. The third-order valence-electron chi connectivity index (χ3n) is 7.38. The number of fused-ring (bicyclic) bond motifs is 3. The maximum Gasteiger partial charge on any atom is 0.160 e. The molecule has 0 aliphatic carbocycles. The molecule has 1 saturated heterocycles. The van der Waals surface area contributed by atoms with Gasteiger partial charge in [-0.3, -0.25) is 14.5 Å². The Labute approximate surface area is 217 Å². The van der Waals surface area contributed by atoms with Gasteiger partial charge in [0.15, 0.2) is 5.82 Å². The van der Waals surface area contributed by atoms with E-state index in [0.29, 0.717) is 0 Å². The molecule has 0 amide bonds. The summed E-state index contributed by atoms with van der Waals surface area (Å²) in [5, 5.41) is 10.1. The fourth-order valence-electron chi connectivity index (χ4n) is 5.32. The van der Waals surface area contributed by atoms with Crippen molar-refractivity contribution in [2.45, 2.75) is 38.6 Å². The molecule has 4 heterocycles. The number of ether oxygens (including phenoxy) is 1. The van der Waals surface area contributed by atoms with Crippen LogP contribution < -0.4 is 0 Å². The topological polar surface area (TPSA) is 58.8 Å². The Bertz CT molecular complexity index is 1110. The predicted octanol–water partition coefficient (Wildman–Crippen LogP) is 4.59. The second-order valence-corrected chi connectivity index (χ2v) is 11.6. The van der Waals surface area contributed by atoms with Crippen molar-refractivity contribution in [2.24, 2.45) is 10.9 Å². The Morgan fingerprint density at radius 1 is 1.11 bits per heavy atom. The van der Waals surface area contributed by atoms with Gasteiger partial charge in [0.2, 0.25) is 0 Å². The standard InChI is InChI=1S/C26H35ClN6OS/c1-17-18(2)35-26-23(17)24(20-6-8-21(27)9-7-20)28-22(25-30-29-19(3)33(25)26)16-31(4)10-5-11-32-12-14-34-15-13-32/h6-9,22-23,26H,5,10-16H2,1-4H3/t22-,23?,26?/m0/s1. The van der Waals surface area contributed by atoms with Crippen LogP contribution in [0.1, 0.15) is 48.9 Å². The lowest BCUT2D eigenvalue weighted by Crippen LogP contribution is -2.38. The van der Waals surface area contributed by atoms with E-state index in [2.05, 4.69) is 64.5 Å². The van der Waals surface area contributed by atoms with Crippen molar-refractivity contribution < 1.29 is 4.74 Å². The highest BCUT2D eigenvalue weighted by atomic mass is 35.5. The number of hydrogen-bond acceptors (Lipinski definition) is 7. The average Bonchev–Trinajstić information content (AvgIpc) is 3.32. The molecule has 0 radical (unpaired) electrons. The van der Waals surface area contributed by atoms with Gasteiger partial charge < -0.3 is 9.64 Å². The van der Waals surface area contributed by atoms with E-state index in [4.69, 9.17) is 21.3 Å². The monoisotopic (exact) mass is 514 g/mol. The van der Waals surface area contributed by atoms with Gasteiger partial charge in [-0.15, -0.1) is 22.0 Å². The minimum absolute atomic E-state index is 0.0745. The molecular weight excluding hydrogens is 480 g/mol. The van der Waals surface area contributed by atoms with Crippen molar-refractivity contribution in [1.82, 2.24) is 24.6 Å². The molecule has 0 saturated carbocycles. The summed E-state index contributed by atoms with van der Waals surface area (Å²) in [6.07, 6.45) is 1.13. The zero-order valence-corrected chi connectivity index (χ0v) is 22.6. The highest BCUT2D eigenvalue weighted by Crippen LogP contribution is 2.52. The largest absolute Gasteiger partial charge is 0.379 e. The van der Waals surface area contributed by atoms with Gasteiger partial charge in [0.1, 0.15) is 11.9 Å². The summed E-state index contributed by atoms with van der Waals surface area (Å²) in [6.45, 7) is 13.2. The van der Waals surface area contributed by atoms with Gasteiger partial charge in [-0.25, -0.2) is 0 Å². The van der Waals surface area contributed by atoms with Crippen molar-refractivity contribution in [1.29, 1.82) is 0 Å². The molecular formula is C26H35ClN6OS. The number of hydrogen-bond donors (Lipinski definition) is 0. The number of benzene rings is 1. The second-order valence-electron chi connectivity index (χ2n) is 9.81. The molecule has 0 N–H and O–H groups in total. The molecule has 9 heteroatoms. The van der Waals surface area contributed by atoms with Crippen molar-refractivity contribution in [3.63, 3.8) is 0 Å². The number of morpholine rings is 1. The van der Waals surface area contributed by atoms with Crippen LogP contribution in [0.2, 0.25) is 5.02 Å². The first kappa shape index (κ1) is 25.0. The van der Waals surface area contributed by atoms with Crippen LogP contribution in [0.25, 0.3) is 0 Å². The summed E-state index contributed by atoms with van der Waals surface area (Å²) < 4.78 is 7.82. The number of aromatic nitrogens is 3. The van der Waals surface area contributed by atoms with E-state index in [0.717, 1.165) is 80.3 Å². The third-order valence-corrected chi connectivity index (χ3v) is 9.03. The molecule has 2 aromatic rings. The molecule has 3 aliphatic heterocycles. The van der Waals surface area contributed by atoms with Gasteiger partial charge in [-0.2, -0.15) is 0 Å². The fourth-order valence-corrected chi connectivity index (χ4v) is 6.96. The van der Waals surface area contributed by atoms with E-state index >= 15 is 0 Å². The first-order valence-electron chi connectivity index (χ1n) is 12.5. The molecule has 188 valence electrons. The molecule has 1 aromatic heterocycles. The van der Waals surface area contributed by atoms with Crippen molar-refractivity contribution in [2.75, 3.05) is 53.0 Å². The van der Waals surface area contributed by atoms with Gasteiger partial charge in [-0.05, 0) is 69.9 Å². The highest BCUT2D eigenvalue weighted by Gasteiger charge is 2.42. The maximum atomic E-state index is 6.23. The predicted molar refractivity (Wildman–Crippen MR) is 143 cm³/mol. The quantitative estimate of drug-likeness (QED) is 0.538. The van der Waals surface area contributed by atoms with Gasteiger partial charge in [0.05, 0.1) is 30.2 Å². The lowest BCUT2D eigenvalue weighted by molar-refractivity contribution is 0.0363. The Kier molecular flexibility index (Phi) is 7.65. The van der Waals surface area contributed by atoms with Crippen LogP contribution >= 0.6 is 23.4 Å². The molecule has 3 atom stereocenters. The van der Waals surface area contributed by atoms with Gasteiger partial charge in [0, 0.05) is 24.7 Å². The van der Waals surface area contributed by atoms with Crippen LogP contribution in [0.15, 0.2) is 39.7 Å². The zero-order valence-electron chi connectivity index (χ0n) is 21.1. The summed E-state index contributed by atoms with van der Waals surface area (Å²) in [7, 11) is 2.19. The van der Waals surface area contributed by atoms with Crippen LogP contribution in [-0.2, 0) is 4.74 Å². The molecule has 0 bridgehead atoms. The first-order valence-corrected chi connectivity index (χ1v) is 13.8. The molecule has 1 aromatic carbocycles. The highest BCUT2D eigenvalue weighted by molar-refractivity contribution is 8.03. The van der Waals surface area contributed by atoms with E-state index < -0.39 is 0 Å². The number of rotatable bonds is 7. The van der Waals surface area contributed by atoms with Crippen LogP contribution in [0, 0.1) is 12.8 Å². The molecule has 7 nitrogen and oxygen atoms in total. The van der Waals surface area contributed by atoms with E-state index in [1.54, 1.807) is 0 Å². The number of nitrogens with zero attached hydrogens (tertiary/aromatic N) is 6. The summed E-state index contributed by atoms with van der Waals surface area (Å²) in [5.74, 6) is 2.11. The van der Waals surface area contributed by atoms with Crippen LogP contribution in [0.4, 0.5) is 0 Å². The van der Waals surface area contributed by atoms with Crippen molar-refractivity contribution in [3.8, 4) is 0 Å². The molecule has 0 spiro atoms. The minimum atomic E-state index is -0.0745. The maximum absolute atomic E-state index is 6.23. The molecule has 5 rings (SSSR count). The molecule has 3 aliphatic rings. The normalized spacial score (nSPS) is 25.0. The van der Waals surface area contributed by atoms with Gasteiger partial charge in [-0.1, -0.05) is 29.3 Å². The fraction of sp³-hybridized carbons (Fsp3) is 0.577. The van der Waals surface area contributed by atoms with Crippen molar-refractivity contribution >= 4 is 29.1 Å². The number of allylic oxidation sites excluding steroid dienone is 2. The number of aliphatic imine (C=N–C) groups is 1. The number of halogens is 1. The number of likely N-dealkylation sites (N-methyl/N-ethyl adjacent to an activating group) is 1. The SMILES string of the molecule is CC1=C(C)C2C(c3ccc(Cl)cc3)=N[C@@H](CN(C)CCCN3CCOCC3)c3nnc(C)n3C2S1. The average molecular weight is 515 g/mol. The Balaban J connectivity index is 1.42. The van der Waals surface area contributed by atoms with Crippen LogP contribution in [-0.4, -0.2) is 83.3 Å². The summed E-state index contributed by atoms with van der Waals surface area (Å²) in [5.41, 5.74) is 3.65. The molecule has 1 fully saturated rings. The van der Waals surface area contributed by atoms with Gasteiger partial charge in [0.25, 0.3) is 0 Å². The Morgan fingerprint density at radius 3 is 2.60 bits per heavy atom. The second kappa shape index (κ2) is 10.7. The summed E-state index contributed by atoms with van der Waals surface area (Å²) in [6, 6.07) is 8.06. The van der Waals surface area contributed by atoms with Gasteiger partial charge >= 0.3 is 0 Å². The van der Waals surface area contributed by atoms with Crippen LogP contribution in [0.3, 0.4) is 0 Å². The summed E-state index contributed by atoms with van der Waals surface area (Å²) in [4.78, 5) is 11.7. The Hall–Kier alpha value is -1.71. The first-order chi connectivity index (χ1) is 16.9. The molecule has 2 unspecified atom stereocenters. The number of aryl methyl sites for hydroxylation is 1. The van der Waals surface area contributed by atoms with E-state index in [1.165, 1.54) is 10.5 Å². The lowest BCUT2D eigenvalue weighted by atomic mass is 9.90. The minimum Gasteiger partial charge on any atom is -0.379 e. The molecule has 35 heavy (non-hydrogen) atoms. The third kappa shape index (κ3) is 5.23. The van der Waals surface area contributed by atoms with E-state index in [-0.39, 0.29) is 17.3 Å². The van der Waals surface area contributed by atoms with Crippen LogP contribution in [0.5, 0.6) is 0 Å². The van der Waals surface area contributed by atoms with Crippen molar-refractivity contribution in [3.05, 3.63) is 57.0 Å². The number of thioether (sulfide) groups is 1. The van der Waals surface area contributed by atoms with E-state index in [9.17, 15) is 0 Å². The zero-order chi connectivity index (χ0) is 24.5. The lowest BCUT2D eigenvalue weighted by Gasteiger charge is -2.28.